The van der Waals surface area contributed by atoms with Crippen molar-refractivity contribution in [1.82, 2.24) is 0 Å². The fraction of sp³-hybridized carbons (Fsp3) is 0.750. The summed E-state index contributed by atoms with van der Waals surface area (Å²) in [6, 6.07) is 2.02. The number of rotatable bonds is 9. The van der Waals surface area contributed by atoms with Gasteiger partial charge in [-0.05, 0) is 40.2 Å². The van der Waals surface area contributed by atoms with Crippen LogP contribution in [0, 0.1) is 0 Å². The summed E-state index contributed by atoms with van der Waals surface area (Å²) in [5, 5.41) is 4.07. The number of thiophene rings is 1. The topological polar surface area (TPSA) is 0 Å². The van der Waals surface area contributed by atoms with E-state index in [9.17, 15) is 0 Å². The lowest BCUT2D eigenvalue weighted by Crippen LogP contribution is -1.97. The molecule has 1 unspecified atom stereocenters. The van der Waals surface area contributed by atoms with Gasteiger partial charge in [-0.1, -0.05) is 74.7 Å². The summed E-state index contributed by atoms with van der Waals surface area (Å²) in [6.45, 7) is 4.54. The minimum atomic E-state index is 0.788. The summed E-state index contributed by atoms with van der Waals surface area (Å²) >= 11 is 8.74. The van der Waals surface area contributed by atoms with E-state index in [1.54, 1.807) is 11.3 Å². The van der Waals surface area contributed by atoms with Gasteiger partial charge >= 0.3 is 0 Å². The molecule has 0 spiro atoms. The van der Waals surface area contributed by atoms with Gasteiger partial charge in [0, 0.05) is 14.7 Å². The van der Waals surface area contributed by atoms with Crippen LogP contribution in [0.1, 0.15) is 71.6 Å². The van der Waals surface area contributed by atoms with Crippen LogP contribution >= 0.6 is 43.2 Å². The molecule has 0 saturated carbocycles. The van der Waals surface area contributed by atoms with Gasteiger partial charge in [0.1, 0.15) is 0 Å². The second kappa shape index (κ2) is 15.1. The summed E-state index contributed by atoms with van der Waals surface area (Å²) in [7, 11) is 0. The lowest BCUT2D eigenvalue weighted by atomic mass is 10.1. The Morgan fingerprint density at radius 2 is 1.58 bits per heavy atom. The van der Waals surface area contributed by atoms with Crippen LogP contribution in [0.4, 0.5) is 0 Å². The van der Waals surface area contributed by atoms with Gasteiger partial charge in [-0.3, -0.25) is 0 Å². The van der Waals surface area contributed by atoms with Crippen molar-refractivity contribution in [1.29, 1.82) is 0 Å². The van der Waals surface area contributed by atoms with E-state index in [4.69, 9.17) is 0 Å². The van der Waals surface area contributed by atoms with Crippen LogP contribution in [0.5, 0.6) is 0 Å². The molecule has 0 N–H and O–H groups in total. The van der Waals surface area contributed by atoms with Gasteiger partial charge in [0.05, 0.1) is 0 Å². The monoisotopic (exact) mass is 410 g/mol. The molecule has 0 amide bonds. The molecule has 0 aliphatic carbocycles. The zero-order valence-electron chi connectivity index (χ0n) is 12.3. The summed E-state index contributed by atoms with van der Waals surface area (Å²) in [5.41, 5.74) is 0. The standard InChI is InChI=1S/C12H25Br.C4H3BrS/c1-3-5-7-9-11-12(13)10-8-6-4-2;5-4-1-2-6-3-4/h12H,3-11H2,1-2H3;1-3H. The summed E-state index contributed by atoms with van der Waals surface area (Å²) < 4.78 is 1.17. The highest BCUT2D eigenvalue weighted by Crippen LogP contribution is 2.18. The zero-order chi connectivity index (χ0) is 14.3. The van der Waals surface area contributed by atoms with Gasteiger partial charge in [0.2, 0.25) is 0 Å². The molecule has 0 bridgehead atoms. The SMILES string of the molecule is Brc1ccsc1.CCCCCCC(Br)CCCCC. The van der Waals surface area contributed by atoms with E-state index in [2.05, 4.69) is 45.7 Å². The first-order chi connectivity index (χ1) is 9.20. The van der Waals surface area contributed by atoms with Gasteiger partial charge in [-0.15, -0.1) is 0 Å². The van der Waals surface area contributed by atoms with Crippen LogP contribution in [0.2, 0.25) is 0 Å². The van der Waals surface area contributed by atoms with Crippen molar-refractivity contribution >= 4 is 43.2 Å². The van der Waals surface area contributed by atoms with Crippen molar-refractivity contribution in [2.45, 2.75) is 76.5 Å². The molecule has 19 heavy (non-hydrogen) atoms. The Balaban J connectivity index is 0.000000443. The Labute approximate surface area is 140 Å². The number of alkyl halides is 1. The number of unbranched alkanes of at least 4 members (excludes halogenated alkanes) is 5. The van der Waals surface area contributed by atoms with E-state index in [-0.39, 0.29) is 0 Å². The Morgan fingerprint density at radius 1 is 1.00 bits per heavy atom. The average molecular weight is 412 g/mol. The fourth-order valence-corrected chi connectivity index (χ4v) is 3.59. The third-order valence-corrected chi connectivity index (χ3v) is 5.37. The number of hydrogen-bond donors (Lipinski definition) is 0. The Bertz CT molecular complexity index is 260. The highest BCUT2D eigenvalue weighted by Gasteiger charge is 2.02. The van der Waals surface area contributed by atoms with Gasteiger partial charge in [-0.2, -0.15) is 11.3 Å². The van der Waals surface area contributed by atoms with Gasteiger partial charge in [-0.25, -0.2) is 0 Å². The molecule has 1 rings (SSSR count). The van der Waals surface area contributed by atoms with Crippen LogP contribution in [-0.2, 0) is 0 Å². The maximum Gasteiger partial charge on any atom is 0.0282 e. The van der Waals surface area contributed by atoms with Crippen molar-refractivity contribution in [3.63, 3.8) is 0 Å². The van der Waals surface area contributed by atoms with E-state index in [1.165, 1.54) is 62.3 Å². The minimum Gasteiger partial charge on any atom is -0.151 e. The second-order valence-electron chi connectivity index (χ2n) is 4.88. The predicted molar refractivity (Wildman–Crippen MR) is 97.6 cm³/mol. The first-order valence-electron chi connectivity index (χ1n) is 7.52. The smallest absolute Gasteiger partial charge is 0.0282 e. The molecule has 1 heterocycles. The van der Waals surface area contributed by atoms with E-state index in [0.717, 1.165) is 4.83 Å². The van der Waals surface area contributed by atoms with Crippen LogP contribution in [0.3, 0.4) is 0 Å². The molecule has 1 aromatic heterocycles. The fourth-order valence-electron chi connectivity index (χ4n) is 1.80. The molecule has 112 valence electrons. The molecule has 0 aliphatic rings. The summed E-state index contributed by atoms with van der Waals surface area (Å²) in [4.78, 5) is 0.788. The molecular weight excluding hydrogens is 384 g/mol. The first kappa shape index (κ1) is 19.7. The van der Waals surface area contributed by atoms with E-state index in [0.29, 0.717) is 0 Å². The Morgan fingerprint density at radius 3 is 2.00 bits per heavy atom. The minimum absolute atomic E-state index is 0.788. The molecule has 3 heteroatoms. The third kappa shape index (κ3) is 14.9. The molecule has 0 saturated heterocycles. The maximum absolute atomic E-state index is 3.76. The third-order valence-electron chi connectivity index (χ3n) is 2.98. The van der Waals surface area contributed by atoms with E-state index < -0.39 is 0 Å². The summed E-state index contributed by atoms with van der Waals surface area (Å²) in [5.74, 6) is 0. The number of hydrogen-bond acceptors (Lipinski definition) is 1. The molecule has 0 radical (unpaired) electrons. The maximum atomic E-state index is 3.76. The molecule has 1 atom stereocenters. The molecule has 0 nitrogen and oxygen atoms in total. The van der Waals surface area contributed by atoms with Crippen LogP contribution < -0.4 is 0 Å². The van der Waals surface area contributed by atoms with E-state index in [1.807, 2.05) is 16.8 Å². The number of halogens is 2. The van der Waals surface area contributed by atoms with Gasteiger partial charge in [0.25, 0.3) is 0 Å². The Hall–Kier alpha value is 0.660. The van der Waals surface area contributed by atoms with Crippen LogP contribution in [-0.4, -0.2) is 4.83 Å². The van der Waals surface area contributed by atoms with Crippen LogP contribution in [0.15, 0.2) is 21.3 Å². The van der Waals surface area contributed by atoms with Crippen molar-refractivity contribution in [3.8, 4) is 0 Å². The van der Waals surface area contributed by atoms with Crippen LogP contribution in [0.25, 0.3) is 0 Å². The summed E-state index contributed by atoms with van der Waals surface area (Å²) in [6.07, 6.45) is 12.5. The predicted octanol–water partition coefficient (Wildman–Crippen LogP) is 7.81. The van der Waals surface area contributed by atoms with Gasteiger partial charge < -0.3 is 0 Å². The molecular formula is C16H28Br2S. The zero-order valence-corrected chi connectivity index (χ0v) is 16.3. The molecule has 0 fully saturated rings. The van der Waals surface area contributed by atoms with Crippen molar-refractivity contribution < 1.29 is 0 Å². The molecule has 0 aliphatic heterocycles. The largest absolute Gasteiger partial charge is 0.151 e. The average Bonchev–Trinajstić information content (AvgIpc) is 2.87. The molecule has 0 aromatic carbocycles. The van der Waals surface area contributed by atoms with Crippen molar-refractivity contribution in [2.75, 3.05) is 0 Å². The highest BCUT2D eigenvalue weighted by atomic mass is 79.9. The lowest BCUT2D eigenvalue weighted by Gasteiger charge is -2.08. The quantitative estimate of drug-likeness (QED) is 0.287. The highest BCUT2D eigenvalue weighted by molar-refractivity contribution is 9.10. The van der Waals surface area contributed by atoms with Gasteiger partial charge in [0.15, 0.2) is 0 Å². The molecule has 1 aromatic rings. The second-order valence-corrected chi connectivity index (χ2v) is 7.87. The first-order valence-corrected chi connectivity index (χ1v) is 10.2. The Kier molecular flexibility index (Phi) is 15.6. The normalized spacial score (nSPS) is 11.8. The lowest BCUT2D eigenvalue weighted by molar-refractivity contribution is 0.577. The van der Waals surface area contributed by atoms with E-state index >= 15 is 0 Å². The van der Waals surface area contributed by atoms with Crippen molar-refractivity contribution in [2.24, 2.45) is 0 Å². The van der Waals surface area contributed by atoms with Crippen molar-refractivity contribution in [3.05, 3.63) is 21.3 Å².